The second-order valence-corrected chi connectivity index (χ2v) is 13.3. The first-order chi connectivity index (χ1) is 24.3. The SMILES string of the molecule is c1ccc(-c2nnc(-c3ccc4c(c3)C3(c5ccccc5-c5ccccc53)c3ccccc3C43c4ccccc4-c4ccccc43)o2)cc1. The summed E-state index contributed by atoms with van der Waals surface area (Å²) in [5.41, 5.74) is 16.2. The third-order valence-electron chi connectivity index (χ3n) is 11.2. The quantitative estimate of drug-likeness (QED) is 0.192. The van der Waals surface area contributed by atoms with Crippen molar-refractivity contribution in [1.82, 2.24) is 10.2 Å². The highest BCUT2D eigenvalue weighted by Crippen LogP contribution is 2.67. The Balaban J connectivity index is 1.30. The van der Waals surface area contributed by atoms with E-state index in [2.05, 4.69) is 150 Å². The summed E-state index contributed by atoms with van der Waals surface area (Å²) in [4.78, 5) is 0. The minimum absolute atomic E-state index is 0.511. The zero-order valence-corrected chi connectivity index (χ0v) is 26.5. The molecule has 0 saturated carbocycles. The lowest BCUT2D eigenvalue weighted by atomic mass is 9.52. The van der Waals surface area contributed by atoms with Gasteiger partial charge in [0.2, 0.25) is 11.8 Å². The average molecular weight is 625 g/mol. The standard InChI is InChI=1S/C46H28N2O/c1-2-14-29(15-3-1)43-47-48-44(49-43)30-26-27-41-42(28-30)46(37-22-10-6-18-33(37)34-19-7-11-23-38(34)46)40-25-13-12-24-39(40)45(41)35-20-8-4-16-31(35)32-17-5-9-21-36(32)45/h1-28H. The molecule has 1 heterocycles. The van der Waals surface area contributed by atoms with Gasteiger partial charge in [-0.05, 0) is 91.0 Å². The molecule has 0 unspecified atom stereocenters. The molecule has 0 N–H and O–H groups in total. The lowest BCUT2D eigenvalue weighted by Crippen LogP contribution is -2.43. The minimum Gasteiger partial charge on any atom is -0.416 e. The van der Waals surface area contributed by atoms with Crippen LogP contribution in [0.2, 0.25) is 0 Å². The van der Waals surface area contributed by atoms with Crippen molar-refractivity contribution in [3.8, 4) is 45.2 Å². The molecule has 0 fully saturated rings. The molecule has 8 aromatic rings. The Bertz CT molecular complexity index is 2540. The molecule has 2 spiro atoms. The number of fused-ring (bicyclic) bond motifs is 16. The van der Waals surface area contributed by atoms with Crippen LogP contribution in [0.25, 0.3) is 45.2 Å². The molecule has 0 atom stereocenters. The Morgan fingerprint density at radius 2 is 0.673 bits per heavy atom. The predicted molar refractivity (Wildman–Crippen MR) is 193 cm³/mol. The molecule has 1 aromatic heterocycles. The van der Waals surface area contributed by atoms with Crippen molar-refractivity contribution < 1.29 is 4.42 Å². The summed E-state index contributed by atoms with van der Waals surface area (Å²) in [6, 6.07) is 61.9. The zero-order chi connectivity index (χ0) is 32.2. The lowest BCUT2D eigenvalue weighted by molar-refractivity contribution is 0.583. The minimum atomic E-state index is -0.560. The van der Waals surface area contributed by atoms with E-state index in [1.54, 1.807) is 0 Å². The summed E-state index contributed by atoms with van der Waals surface area (Å²) < 4.78 is 6.41. The molecule has 3 aliphatic rings. The van der Waals surface area contributed by atoms with E-state index in [0.717, 1.165) is 11.1 Å². The van der Waals surface area contributed by atoms with E-state index >= 15 is 0 Å². The van der Waals surface area contributed by atoms with Crippen molar-refractivity contribution in [2.45, 2.75) is 10.8 Å². The number of hydrogen-bond donors (Lipinski definition) is 0. The van der Waals surface area contributed by atoms with Crippen molar-refractivity contribution in [2.75, 3.05) is 0 Å². The Morgan fingerprint density at radius 3 is 1.16 bits per heavy atom. The summed E-state index contributed by atoms with van der Waals surface area (Å²) in [5.74, 6) is 1.02. The maximum Gasteiger partial charge on any atom is 0.248 e. The highest BCUT2D eigenvalue weighted by atomic mass is 16.4. The van der Waals surface area contributed by atoms with Crippen molar-refractivity contribution in [1.29, 1.82) is 0 Å². The van der Waals surface area contributed by atoms with Crippen LogP contribution in [0.4, 0.5) is 0 Å². The maximum atomic E-state index is 6.41. The van der Waals surface area contributed by atoms with E-state index in [4.69, 9.17) is 4.42 Å². The second kappa shape index (κ2) is 9.62. The van der Waals surface area contributed by atoms with Gasteiger partial charge in [-0.2, -0.15) is 0 Å². The fourth-order valence-electron chi connectivity index (χ4n) is 9.41. The molecule has 3 heteroatoms. The Labute approximate surface area is 284 Å². The first-order valence-corrected chi connectivity index (χ1v) is 16.8. The van der Waals surface area contributed by atoms with Gasteiger partial charge in [-0.15, -0.1) is 10.2 Å². The molecule has 11 rings (SSSR count). The fraction of sp³-hybridized carbons (Fsp3) is 0.0435. The summed E-state index contributed by atoms with van der Waals surface area (Å²) in [6.07, 6.45) is 0. The van der Waals surface area contributed by atoms with Gasteiger partial charge in [0.15, 0.2) is 0 Å². The Hall–Kier alpha value is -6.32. The molecule has 3 nitrogen and oxygen atoms in total. The topological polar surface area (TPSA) is 38.9 Å². The number of hydrogen-bond acceptors (Lipinski definition) is 3. The summed E-state index contributed by atoms with van der Waals surface area (Å²) >= 11 is 0. The maximum absolute atomic E-state index is 6.41. The summed E-state index contributed by atoms with van der Waals surface area (Å²) in [7, 11) is 0. The van der Waals surface area contributed by atoms with Crippen LogP contribution in [0, 0.1) is 0 Å². The van der Waals surface area contributed by atoms with Crippen molar-refractivity contribution in [2.24, 2.45) is 0 Å². The first kappa shape index (κ1) is 26.7. The number of aromatic nitrogens is 2. The molecule has 0 aliphatic heterocycles. The van der Waals surface area contributed by atoms with Gasteiger partial charge >= 0.3 is 0 Å². The second-order valence-electron chi connectivity index (χ2n) is 13.3. The van der Waals surface area contributed by atoms with Gasteiger partial charge in [-0.3, -0.25) is 0 Å². The molecule has 0 bridgehead atoms. The fourth-order valence-corrected chi connectivity index (χ4v) is 9.41. The van der Waals surface area contributed by atoms with Crippen LogP contribution in [-0.2, 0) is 10.8 Å². The number of rotatable bonds is 2. The Kier molecular flexibility index (Phi) is 5.24. The van der Waals surface area contributed by atoms with Gasteiger partial charge < -0.3 is 4.42 Å². The number of nitrogens with zero attached hydrogens (tertiary/aromatic N) is 2. The van der Waals surface area contributed by atoms with E-state index < -0.39 is 10.8 Å². The van der Waals surface area contributed by atoms with Crippen LogP contribution in [0.1, 0.15) is 44.5 Å². The Morgan fingerprint density at radius 1 is 0.306 bits per heavy atom. The molecule has 0 radical (unpaired) electrons. The van der Waals surface area contributed by atoms with Crippen molar-refractivity contribution in [3.05, 3.63) is 214 Å². The third-order valence-corrected chi connectivity index (χ3v) is 11.2. The van der Waals surface area contributed by atoms with Gasteiger partial charge in [0.25, 0.3) is 0 Å². The molecule has 3 aliphatic carbocycles. The third kappa shape index (κ3) is 3.22. The molecule has 49 heavy (non-hydrogen) atoms. The first-order valence-electron chi connectivity index (χ1n) is 16.8. The van der Waals surface area contributed by atoms with E-state index in [-0.39, 0.29) is 0 Å². The number of benzene rings is 7. The van der Waals surface area contributed by atoms with Gasteiger partial charge in [0.1, 0.15) is 0 Å². The molecule has 0 saturated heterocycles. The van der Waals surface area contributed by atoms with Gasteiger partial charge in [0.05, 0.1) is 10.8 Å². The van der Waals surface area contributed by atoms with Crippen LogP contribution in [0.3, 0.4) is 0 Å². The largest absolute Gasteiger partial charge is 0.416 e. The molecule has 0 amide bonds. The smallest absolute Gasteiger partial charge is 0.248 e. The van der Waals surface area contributed by atoms with Gasteiger partial charge in [-0.25, -0.2) is 0 Å². The van der Waals surface area contributed by atoms with Crippen LogP contribution in [-0.4, -0.2) is 10.2 Å². The van der Waals surface area contributed by atoms with Crippen molar-refractivity contribution in [3.63, 3.8) is 0 Å². The predicted octanol–water partition coefficient (Wildman–Crippen LogP) is 10.4. The van der Waals surface area contributed by atoms with Crippen LogP contribution in [0.5, 0.6) is 0 Å². The van der Waals surface area contributed by atoms with E-state index in [1.807, 2.05) is 30.3 Å². The molecular weight excluding hydrogens is 597 g/mol. The van der Waals surface area contributed by atoms with E-state index in [0.29, 0.717) is 11.8 Å². The van der Waals surface area contributed by atoms with Crippen LogP contribution >= 0.6 is 0 Å². The lowest BCUT2D eigenvalue weighted by Gasteiger charge is -2.49. The van der Waals surface area contributed by atoms with Gasteiger partial charge in [0, 0.05) is 11.1 Å². The van der Waals surface area contributed by atoms with E-state index in [1.165, 1.54) is 66.8 Å². The normalized spacial score (nSPS) is 14.9. The summed E-state index contributed by atoms with van der Waals surface area (Å²) in [6.45, 7) is 0. The molecule has 228 valence electrons. The summed E-state index contributed by atoms with van der Waals surface area (Å²) in [5, 5.41) is 9.09. The highest BCUT2D eigenvalue weighted by Gasteiger charge is 2.58. The van der Waals surface area contributed by atoms with Gasteiger partial charge in [-0.1, -0.05) is 146 Å². The molecule has 7 aromatic carbocycles. The van der Waals surface area contributed by atoms with Crippen LogP contribution in [0.15, 0.2) is 174 Å². The zero-order valence-electron chi connectivity index (χ0n) is 26.5. The monoisotopic (exact) mass is 624 g/mol. The molecular formula is C46H28N2O. The average Bonchev–Trinajstić information content (AvgIpc) is 3.87. The van der Waals surface area contributed by atoms with Crippen molar-refractivity contribution >= 4 is 0 Å². The van der Waals surface area contributed by atoms with Crippen LogP contribution < -0.4 is 0 Å². The highest BCUT2D eigenvalue weighted by molar-refractivity contribution is 5.94. The van der Waals surface area contributed by atoms with E-state index in [9.17, 15) is 0 Å².